The zero-order valence-corrected chi connectivity index (χ0v) is 9.58. The van der Waals surface area contributed by atoms with Crippen LogP contribution in [0, 0.1) is 0 Å². The summed E-state index contributed by atoms with van der Waals surface area (Å²) in [6, 6.07) is 7.44. The van der Waals surface area contributed by atoms with Gasteiger partial charge >= 0.3 is 5.97 Å². The maximum atomic E-state index is 10.6. The zero-order chi connectivity index (χ0) is 11.3. The van der Waals surface area contributed by atoms with Crippen molar-refractivity contribution in [2.75, 3.05) is 6.61 Å². The van der Waals surface area contributed by atoms with E-state index in [1.807, 2.05) is 31.2 Å². The van der Waals surface area contributed by atoms with E-state index in [0.29, 0.717) is 6.61 Å². The van der Waals surface area contributed by atoms with Crippen LogP contribution in [0.5, 0.6) is 5.75 Å². The molecular weight excluding hydrogens is 212 g/mol. The van der Waals surface area contributed by atoms with E-state index in [9.17, 15) is 4.79 Å². The zero-order valence-electron chi connectivity index (χ0n) is 8.77. The number of ether oxygens (including phenoxy) is 1. The molecule has 0 bridgehead atoms. The molecule has 82 valence electrons. The van der Waals surface area contributed by atoms with Gasteiger partial charge in [-0.15, -0.1) is 11.8 Å². The maximum absolute atomic E-state index is 10.6. The molecule has 0 saturated carbocycles. The molecule has 0 saturated heterocycles. The molecular formula is C11H14O3S. The molecule has 0 spiro atoms. The largest absolute Gasteiger partial charge is 0.494 e. The average Bonchev–Trinajstić information content (AvgIpc) is 2.21. The van der Waals surface area contributed by atoms with E-state index in [2.05, 4.69) is 0 Å². The third kappa shape index (κ3) is 3.83. The van der Waals surface area contributed by atoms with Crippen LogP contribution in [0.4, 0.5) is 0 Å². The Kier molecular flexibility index (Phi) is 4.49. The van der Waals surface area contributed by atoms with E-state index in [1.165, 1.54) is 11.8 Å². The van der Waals surface area contributed by atoms with E-state index in [4.69, 9.17) is 9.84 Å². The second kappa shape index (κ2) is 5.66. The second-order valence-corrected chi connectivity index (χ2v) is 4.42. The number of aliphatic carboxylic acids is 1. The van der Waals surface area contributed by atoms with Gasteiger partial charge < -0.3 is 9.84 Å². The topological polar surface area (TPSA) is 46.5 Å². The molecule has 0 aliphatic carbocycles. The smallest absolute Gasteiger partial charge is 0.316 e. The van der Waals surface area contributed by atoms with Crippen LogP contribution >= 0.6 is 11.8 Å². The normalized spacial score (nSPS) is 12.1. The number of benzene rings is 1. The van der Waals surface area contributed by atoms with Crippen LogP contribution in [-0.4, -0.2) is 22.9 Å². The Labute approximate surface area is 93.4 Å². The Morgan fingerprint density at radius 1 is 1.47 bits per heavy atom. The molecule has 3 nitrogen and oxygen atoms in total. The highest BCUT2D eigenvalue weighted by Crippen LogP contribution is 2.25. The van der Waals surface area contributed by atoms with Crippen LogP contribution < -0.4 is 4.74 Å². The third-order valence-electron chi connectivity index (χ3n) is 1.80. The van der Waals surface area contributed by atoms with Crippen molar-refractivity contribution in [3.8, 4) is 5.75 Å². The highest BCUT2D eigenvalue weighted by Gasteiger charge is 2.11. The van der Waals surface area contributed by atoms with Gasteiger partial charge in [0.25, 0.3) is 0 Å². The number of hydrogen-bond donors (Lipinski definition) is 1. The molecule has 15 heavy (non-hydrogen) atoms. The van der Waals surface area contributed by atoms with Gasteiger partial charge in [-0.05, 0) is 38.1 Å². The van der Waals surface area contributed by atoms with Crippen molar-refractivity contribution in [3.63, 3.8) is 0 Å². The lowest BCUT2D eigenvalue weighted by Crippen LogP contribution is -2.10. The molecule has 0 aromatic heterocycles. The van der Waals surface area contributed by atoms with Gasteiger partial charge in [-0.1, -0.05) is 0 Å². The quantitative estimate of drug-likeness (QED) is 0.784. The van der Waals surface area contributed by atoms with Gasteiger partial charge in [-0.3, -0.25) is 4.79 Å². The van der Waals surface area contributed by atoms with Gasteiger partial charge in [-0.2, -0.15) is 0 Å². The predicted octanol–water partition coefficient (Wildman–Crippen LogP) is 2.65. The first-order valence-corrected chi connectivity index (χ1v) is 5.63. The molecule has 1 unspecified atom stereocenters. The van der Waals surface area contributed by atoms with Gasteiger partial charge in [0.1, 0.15) is 11.0 Å². The van der Waals surface area contributed by atoms with Crippen molar-refractivity contribution in [2.24, 2.45) is 0 Å². The second-order valence-electron chi connectivity index (χ2n) is 3.00. The molecule has 0 amide bonds. The number of carbonyl (C=O) groups is 1. The van der Waals surface area contributed by atoms with Gasteiger partial charge in [0.2, 0.25) is 0 Å². The molecule has 0 heterocycles. The predicted molar refractivity (Wildman–Crippen MR) is 60.6 cm³/mol. The standard InChI is InChI=1S/C11H14O3S/c1-3-14-9-4-6-10(7-5-9)15-8(2)11(12)13/h4-8H,3H2,1-2H3,(H,12,13). The number of carboxylic acid groups (broad SMARTS) is 1. The first kappa shape index (κ1) is 11.9. The number of carboxylic acids is 1. The van der Waals surface area contributed by atoms with Crippen molar-refractivity contribution < 1.29 is 14.6 Å². The molecule has 0 aliphatic rings. The monoisotopic (exact) mass is 226 g/mol. The summed E-state index contributed by atoms with van der Waals surface area (Å²) in [6.07, 6.45) is 0. The van der Waals surface area contributed by atoms with Crippen LogP contribution in [0.25, 0.3) is 0 Å². The van der Waals surface area contributed by atoms with Crippen molar-refractivity contribution >= 4 is 17.7 Å². The van der Waals surface area contributed by atoms with Crippen LogP contribution in [-0.2, 0) is 4.79 Å². The van der Waals surface area contributed by atoms with E-state index in [0.717, 1.165) is 10.6 Å². The van der Waals surface area contributed by atoms with E-state index < -0.39 is 11.2 Å². The lowest BCUT2D eigenvalue weighted by atomic mass is 10.3. The first-order chi connectivity index (χ1) is 7.13. The fourth-order valence-corrected chi connectivity index (χ4v) is 1.84. The molecule has 1 aromatic rings. The van der Waals surface area contributed by atoms with Gasteiger partial charge in [-0.25, -0.2) is 0 Å². The van der Waals surface area contributed by atoms with Crippen molar-refractivity contribution in [3.05, 3.63) is 24.3 Å². The SMILES string of the molecule is CCOc1ccc(SC(C)C(=O)O)cc1. The third-order valence-corrected chi connectivity index (χ3v) is 2.89. The minimum Gasteiger partial charge on any atom is -0.494 e. The summed E-state index contributed by atoms with van der Waals surface area (Å²) in [7, 11) is 0. The molecule has 0 fully saturated rings. The van der Waals surface area contributed by atoms with Crippen LogP contribution in [0.1, 0.15) is 13.8 Å². The molecule has 0 radical (unpaired) electrons. The average molecular weight is 226 g/mol. The summed E-state index contributed by atoms with van der Waals surface area (Å²) >= 11 is 1.32. The lowest BCUT2D eigenvalue weighted by molar-refractivity contribution is -0.136. The molecule has 1 N–H and O–H groups in total. The molecule has 1 aromatic carbocycles. The van der Waals surface area contributed by atoms with Crippen molar-refractivity contribution in [1.82, 2.24) is 0 Å². The maximum Gasteiger partial charge on any atom is 0.316 e. The fraction of sp³-hybridized carbons (Fsp3) is 0.364. The van der Waals surface area contributed by atoms with Crippen LogP contribution in [0.3, 0.4) is 0 Å². The van der Waals surface area contributed by atoms with Crippen molar-refractivity contribution in [2.45, 2.75) is 24.0 Å². The van der Waals surface area contributed by atoms with Crippen LogP contribution in [0.2, 0.25) is 0 Å². The van der Waals surface area contributed by atoms with Crippen molar-refractivity contribution in [1.29, 1.82) is 0 Å². The van der Waals surface area contributed by atoms with Gasteiger partial charge in [0.15, 0.2) is 0 Å². The molecule has 0 aliphatic heterocycles. The van der Waals surface area contributed by atoms with Gasteiger partial charge in [0.05, 0.1) is 6.61 Å². The van der Waals surface area contributed by atoms with E-state index >= 15 is 0 Å². The Bertz CT molecular complexity index is 321. The summed E-state index contributed by atoms with van der Waals surface area (Å²) in [4.78, 5) is 11.6. The molecule has 4 heteroatoms. The Balaban J connectivity index is 2.60. The summed E-state index contributed by atoms with van der Waals surface area (Å²) < 4.78 is 5.29. The summed E-state index contributed by atoms with van der Waals surface area (Å²) in [5, 5.41) is 8.31. The summed E-state index contributed by atoms with van der Waals surface area (Å²) in [5.41, 5.74) is 0. The number of rotatable bonds is 5. The first-order valence-electron chi connectivity index (χ1n) is 4.75. The summed E-state index contributed by atoms with van der Waals surface area (Å²) in [6.45, 7) is 4.23. The lowest BCUT2D eigenvalue weighted by Gasteiger charge is -2.07. The van der Waals surface area contributed by atoms with E-state index in [1.54, 1.807) is 6.92 Å². The minimum atomic E-state index is -0.797. The molecule has 1 atom stereocenters. The highest BCUT2D eigenvalue weighted by molar-refractivity contribution is 8.00. The Morgan fingerprint density at radius 2 is 2.07 bits per heavy atom. The summed E-state index contributed by atoms with van der Waals surface area (Å²) in [5.74, 6) is 0.0127. The number of hydrogen-bond acceptors (Lipinski definition) is 3. The number of thioether (sulfide) groups is 1. The Hall–Kier alpha value is -1.16. The Morgan fingerprint density at radius 3 is 2.53 bits per heavy atom. The van der Waals surface area contributed by atoms with Crippen LogP contribution in [0.15, 0.2) is 29.2 Å². The highest BCUT2D eigenvalue weighted by atomic mass is 32.2. The van der Waals surface area contributed by atoms with E-state index in [-0.39, 0.29) is 0 Å². The van der Waals surface area contributed by atoms with Gasteiger partial charge in [0, 0.05) is 4.90 Å². The minimum absolute atomic E-state index is 0.428. The fourth-order valence-electron chi connectivity index (χ4n) is 1.04. The molecule has 1 rings (SSSR count).